The van der Waals surface area contributed by atoms with Crippen LogP contribution < -0.4 is 16.2 Å². The molecule has 1 saturated heterocycles. The van der Waals surface area contributed by atoms with Gasteiger partial charge in [-0.3, -0.25) is 9.78 Å². The predicted molar refractivity (Wildman–Crippen MR) is 133 cm³/mol. The molecule has 0 radical (unpaired) electrons. The Bertz CT molecular complexity index is 1330. The lowest BCUT2D eigenvalue weighted by Gasteiger charge is -2.25. The first kappa shape index (κ1) is 21.0. The number of nitrogens with one attached hydrogen (secondary N) is 2. The second kappa shape index (κ2) is 8.57. The molecule has 0 unspecified atom stereocenters. The molecule has 3 heterocycles. The van der Waals surface area contributed by atoms with Crippen molar-refractivity contribution in [2.45, 2.75) is 37.3 Å². The lowest BCUT2D eigenvalue weighted by Crippen LogP contribution is -2.35. The largest absolute Gasteiger partial charge is 0.382 e. The number of hydrogen-bond acceptors (Lipinski definition) is 4. The van der Waals surface area contributed by atoms with Crippen molar-refractivity contribution in [2.75, 3.05) is 18.4 Å². The van der Waals surface area contributed by atoms with Gasteiger partial charge in [-0.1, -0.05) is 36.4 Å². The lowest BCUT2D eigenvalue weighted by atomic mass is 10.0. The second-order valence-electron chi connectivity index (χ2n) is 8.80. The van der Waals surface area contributed by atoms with Gasteiger partial charge in [0.25, 0.3) is 5.56 Å². The van der Waals surface area contributed by atoms with E-state index in [0.29, 0.717) is 12.0 Å². The van der Waals surface area contributed by atoms with Crippen LogP contribution in [0.2, 0.25) is 0 Å². The number of benzene rings is 2. The molecule has 1 saturated carbocycles. The lowest BCUT2D eigenvalue weighted by molar-refractivity contribution is 0.479. The Kier molecular flexibility index (Phi) is 5.62. The van der Waals surface area contributed by atoms with Crippen molar-refractivity contribution in [3.05, 3.63) is 82.9 Å². The number of fused-ring (bicyclic) bond motifs is 2. The second-order valence-corrected chi connectivity index (χ2v) is 8.80. The number of hydrogen-bond donors (Lipinski definition) is 2. The van der Waals surface area contributed by atoms with Crippen LogP contribution in [-0.2, 0) is 0 Å². The fourth-order valence-electron chi connectivity index (χ4n) is 4.97. The van der Waals surface area contributed by atoms with E-state index < -0.39 is 0 Å². The molecule has 1 aliphatic heterocycles. The van der Waals surface area contributed by atoms with Crippen LogP contribution in [0.1, 0.15) is 36.9 Å². The highest BCUT2D eigenvalue weighted by molar-refractivity contribution is 5.93. The van der Waals surface area contributed by atoms with Crippen molar-refractivity contribution in [1.29, 1.82) is 0 Å². The van der Waals surface area contributed by atoms with Gasteiger partial charge in [0, 0.05) is 41.0 Å². The number of aromatic nitrogens is 2. The normalized spacial score (nSPS) is 20.8. The zero-order valence-corrected chi connectivity index (χ0v) is 18.6. The van der Waals surface area contributed by atoms with E-state index in [0.717, 1.165) is 65.4 Å². The average molecular weight is 447 g/mol. The van der Waals surface area contributed by atoms with Gasteiger partial charge in [-0.2, -0.15) is 0 Å². The zero-order valence-electron chi connectivity index (χ0n) is 17.8. The van der Waals surface area contributed by atoms with Gasteiger partial charge in [0.1, 0.15) is 0 Å². The summed E-state index contributed by atoms with van der Waals surface area (Å²) in [6, 6.07) is 21.2. The molecule has 1 aliphatic carbocycles. The molecule has 32 heavy (non-hydrogen) atoms. The third-order valence-corrected chi connectivity index (χ3v) is 6.77. The zero-order chi connectivity index (χ0) is 20.8. The fraction of sp³-hybridized carbons (Fsp3) is 0.308. The van der Waals surface area contributed by atoms with Crippen LogP contribution in [0.25, 0.3) is 21.7 Å². The first-order valence-electron chi connectivity index (χ1n) is 11.2. The molecule has 2 atom stereocenters. The summed E-state index contributed by atoms with van der Waals surface area (Å²) in [5.74, 6) is 0.296. The van der Waals surface area contributed by atoms with E-state index in [1.165, 1.54) is 0 Å². The summed E-state index contributed by atoms with van der Waals surface area (Å²) in [6.45, 7) is 2.05. The molecular weight excluding hydrogens is 420 g/mol. The first-order chi connectivity index (χ1) is 15.3. The van der Waals surface area contributed by atoms with Gasteiger partial charge in [-0.05, 0) is 62.0 Å². The first-order valence-corrected chi connectivity index (χ1v) is 11.2. The van der Waals surface area contributed by atoms with Crippen molar-refractivity contribution in [1.82, 2.24) is 14.9 Å². The van der Waals surface area contributed by atoms with Gasteiger partial charge < -0.3 is 15.2 Å². The van der Waals surface area contributed by atoms with Crippen molar-refractivity contribution in [3.8, 4) is 0 Å². The Labute approximate surface area is 193 Å². The van der Waals surface area contributed by atoms with E-state index in [9.17, 15) is 4.79 Å². The number of nitrogens with zero attached hydrogens (tertiary/aromatic N) is 2. The van der Waals surface area contributed by atoms with Crippen LogP contribution in [0.3, 0.4) is 0 Å². The molecule has 2 aromatic heterocycles. The van der Waals surface area contributed by atoms with Crippen LogP contribution in [0.15, 0.2) is 71.7 Å². The topological polar surface area (TPSA) is 59.0 Å². The Morgan fingerprint density at radius 2 is 1.75 bits per heavy atom. The number of rotatable bonds is 4. The van der Waals surface area contributed by atoms with Gasteiger partial charge in [-0.25, -0.2) is 0 Å². The monoisotopic (exact) mass is 446 g/mol. The third-order valence-electron chi connectivity index (χ3n) is 6.77. The van der Waals surface area contributed by atoms with Crippen molar-refractivity contribution < 1.29 is 0 Å². The maximum absolute atomic E-state index is 13.6. The number of anilines is 1. The fourth-order valence-corrected chi connectivity index (χ4v) is 4.97. The van der Waals surface area contributed by atoms with Crippen LogP contribution >= 0.6 is 12.4 Å². The maximum atomic E-state index is 13.6. The minimum atomic E-state index is 0. The minimum Gasteiger partial charge on any atom is -0.382 e. The van der Waals surface area contributed by atoms with Crippen LogP contribution in [0.5, 0.6) is 0 Å². The molecule has 5 nitrogen and oxygen atoms in total. The summed E-state index contributed by atoms with van der Waals surface area (Å²) in [7, 11) is 0. The predicted octanol–water partition coefficient (Wildman–Crippen LogP) is 4.86. The molecule has 2 aliphatic rings. The molecule has 164 valence electrons. The van der Waals surface area contributed by atoms with Crippen molar-refractivity contribution >= 4 is 39.8 Å². The molecule has 0 spiro atoms. The summed E-state index contributed by atoms with van der Waals surface area (Å²) in [6.07, 6.45) is 5.08. The Morgan fingerprint density at radius 1 is 0.938 bits per heavy atom. The van der Waals surface area contributed by atoms with Crippen molar-refractivity contribution in [2.24, 2.45) is 0 Å². The van der Waals surface area contributed by atoms with Crippen LogP contribution in [0.4, 0.5) is 5.69 Å². The van der Waals surface area contributed by atoms with E-state index in [2.05, 4.69) is 41.0 Å². The maximum Gasteiger partial charge on any atom is 0.260 e. The smallest absolute Gasteiger partial charge is 0.260 e. The van der Waals surface area contributed by atoms with Gasteiger partial charge in [0.15, 0.2) is 0 Å². The summed E-state index contributed by atoms with van der Waals surface area (Å²) < 4.78 is 1.93. The number of para-hydroxylation sites is 1. The SMILES string of the molecule is Cl.O=c1c2c(NC3CCNCC3)cccc2ccn1[C@@H]1C[C@H]1c1ccc2ccccc2n1. The third kappa shape index (κ3) is 3.76. The number of pyridine rings is 2. The molecule has 2 fully saturated rings. The van der Waals surface area contributed by atoms with Gasteiger partial charge >= 0.3 is 0 Å². The Morgan fingerprint density at radius 3 is 2.62 bits per heavy atom. The molecule has 6 heteroatoms. The van der Waals surface area contributed by atoms with E-state index in [1.807, 2.05) is 41.1 Å². The van der Waals surface area contributed by atoms with Gasteiger partial charge in [-0.15, -0.1) is 12.4 Å². The molecule has 2 N–H and O–H groups in total. The summed E-state index contributed by atoms with van der Waals surface area (Å²) in [4.78, 5) is 18.4. The van der Waals surface area contributed by atoms with Gasteiger partial charge in [0.2, 0.25) is 0 Å². The summed E-state index contributed by atoms with van der Waals surface area (Å²) >= 11 is 0. The average Bonchev–Trinajstić information content (AvgIpc) is 3.60. The number of halogens is 1. The van der Waals surface area contributed by atoms with Crippen LogP contribution in [-0.4, -0.2) is 28.7 Å². The van der Waals surface area contributed by atoms with Gasteiger partial charge in [0.05, 0.1) is 10.9 Å². The van der Waals surface area contributed by atoms with E-state index in [-0.39, 0.29) is 24.0 Å². The molecule has 4 aromatic rings. The molecule has 6 rings (SSSR count). The molecule has 0 amide bonds. The van der Waals surface area contributed by atoms with Crippen molar-refractivity contribution in [3.63, 3.8) is 0 Å². The quantitative estimate of drug-likeness (QED) is 0.469. The molecule has 0 bridgehead atoms. The standard InChI is InChI=1S/C26H26N4O.ClH/c31-26-25-18(5-3-7-23(25)28-19-10-13-27-14-11-19)12-15-30(26)24-16-20(24)22-9-8-17-4-1-2-6-21(17)29-22;/h1-9,12,15,19-20,24,27-28H,10-11,13-14,16H2;1H/t20-,24+;/m0./s1. The number of piperidine rings is 1. The minimum absolute atomic E-state index is 0. The molecular formula is C26H27ClN4O. The van der Waals surface area contributed by atoms with Crippen LogP contribution in [0, 0.1) is 0 Å². The highest BCUT2D eigenvalue weighted by atomic mass is 35.5. The van der Waals surface area contributed by atoms with E-state index >= 15 is 0 Å². The van der Waals surface area contributed by atoms with E-state index in [1.54, 1.807) is 0 Å². The summed E-state index contributed by atoms with van der Waals surface area (Å²) in [5.41, 5.74) is 3.16. The van der Waals surface area contributed by atoms with E-state index in [4.69, 9.17) is 4.98 Å². The Hall–Kier alpha value is -2.89. The highest BCUT2D eigenvalue weighted by Crippen LogP contribution is 2.50. The highest BCUT2D eigenvalue weighted by Gasteiger charge is 2.41. The molecule has 2 aromatic carbocycles. The Balaban J connectivity index is 0.00000216. The summed E-state index contributed by atoms with van der Waals surface area (Å²) in [5, 5.41) is 10.0.